The number of hydrogen-bond donors (Lipinski definition) is 2. The van der Waals surface area contributed by atoms with Gasteiger partial charge in [-0.3, -0.25) is 9.78 Å². The zero-order valence-corrected chi connectivity index (χ0v) is 10.6. The van der Waals surface area contributed by atoms with Crippen LogP contribution >= 0.6 is 0 Å². The van der Waals surface area contributed by atoms with Crippen molar-refractivity contribution in [3.05, 3.63) is 30.1 Å². The van der Waals surface area contributed by atoms with Crippen LogP contribution in [0, 0.1) is 0 Å². The number of pyridine rings is 1. The van der Waals surface area contributed by atoms with Gasteiger partial charge in [0, 0.05) is 58.1 Å². The lowest BCUT2D eigenvalue weighted by molar-refractivity contribution is -0.121. The first-order chi connectivity index (χ1) is 8.84. The summed E-state index contributed by atoms with van der Waals surface area (Å²) in [4.78, 5) is 18.0. The van der Waals surface area contributed by atoms with Gasteiger partial charge in [-0.1, -0.05) is 6.07 Å². The molecule has 98 valence electrons. The highest BCUT2D eigenvalue weighted by Crippen LogP contribution is 1.97. The smallest absolute Gasteiger partial charge is 0.221 e. The topological polar surface area (TPSA) is 57.3 Å². The number of nitrogens with zero attached hydrogens (tertiary/aromatic N) is 2. The van der Waals surface area contributed by atoms with Crippen LogP contribution in [0.15, 0.2) is 24.5 Å². The van der Waals surface area contributed by atoms with Crippen LogP contribution in [0.2, 0.25) is 0 Å². The van der Waals surface area contributed by atoms with Gasteiger partial charge in [-0.25, -0.2) is 0 Å². The summed E-state index contributed by atoms with van der Waals surface area (Å²) in [6.07, 6.45) is 4.08. The molecule has 1 aliphatic heterocycles. The molecule has 2 rings (SSSR count). The molecule has 1 aromatic heterocycles. The molecule has 0 bridgehead atoms. The van der Waals surface area contributed by atoms with E-state index in [4.69, 9.17) is 0 Å². The SMILES string of the molecule is O=C(CCN1CCNCC1)NCc1cccnc1. The third kappa shape index (κ3) is 4.43. The highest BCUT2D eigenvalue weighted by Gasteiger charge is 2.10. The predicted octanol–water partition coefficient (Wildman–Crippen LogP) is -0.00690. The van der Waals surface area contributed by atoms with Crippen molar-refractivity contribution >= 4 is 5.91 Å². The third-order valence-corrected chi connectivity index (χ3v) is 3.08. The van der Waals surface area contributed by atoms with Crippen molar-refractivity contribution in [1.29, 1.82) is 0 Å². The molecule has 1 aromatic rings. The van der Waals surface area contributed by atoms with E-state index < -0.39 is 0 Å². The highest BCUT2D eigenvalue weighted by molar-refractivity contribution is 5.76. The van der Waals surface area contributed by atoms with Crippen molar-refractivity contribution in [2.24, 2.45) is 0 Å². The maximum Gasteiger partial charge on any atom is 0.221 e. The minimum atomic E-state index is 0.109. The van der Waals surface area contributed by atoms with Crippen LogP contribution in [0.5, 0.6) is 0 Å². The molecule has 5 heteroatoms. The van der Waals surface area contributed by atoms with Gasteiger partial charge in [0.1, 0.15) is 0 Å². The third-order valence-electron chi connectivity index (χ3n) is 3.08. The summed E-state index contributed by atoms with van der Waals surface area (Å²) in [5.41, 5.74) is 1.04. The Morgan fingerprint density at radius 3 is 3.00 bits per heavy atom. The molecular formula is C13H20N4O. The summed E-state index contributed by atoms with van der Waals surface area (Å²) < 4.78 is 0. The fourth-order valence-corrected chi connectivity index (χ4v) is 1.99. The quantitative estimate of drug-likeness (QED) is 0.770. The number of amides is 1. The molecule has 0 aliphatic carbocycles. The van der Waals surface area contributed by atoms with E-state index in [1.54, 1.807) is 12.4 Å². The molecule has 5 nitrogen and oxygen atoms in total. The molecule has 0 atom stereocenters. The molecule has 2 N–H and O–H groups in total. The van der Waals surface area contributed by atoms with Crippen molar-refractivity contribution in [3.63, 3.8) is 0 Å². The van der Waals surface area contributed by atoms with E-state index in [1.807, 2.05) is 12.1 Å². The lowest BCUT2D eigenvalue weighted by atomic mass is 10.2. The number of piperazine rings is 1. The molecular weight excluding hydrogens is 228 g/mol. The first kappa shape index (κ1) is 13.0. The van der Waals surface area contributed by atoms with Crippen molar-refractivity contribution in [3.8, 4) is 0 Å². The molecule has 0 saturated carbocycles. The predicted molar refractivity (Wildman–Crippen MR) is 70.0 cm³/mol. The molecule has 1 amide bonds. The zero-order chi connectivity index (χ0) is 12.6. The van der Waals surface area contributed by atoms with Gasteiger partial charge >= 0.3 is 0 Å². The summed E-state index contributed by atoms with van der Waals surface area (Å²) >= 11 is 0. The Hall–Kier alpha value is -1.46. The molecule has 1 fully saturated rings. The number of aromatic nitrogens is 1. The normalized spacial score (nSPS) is 16.4. The summed E-state index contributed by atoms with van der Waals surface area (Å²) in [6.45, 7) is 5.54. The van der Waals surface area contributed by atoms with Crippen LogP contribution < -0.4 is 10.6 Å². The summed E-state index contributed by atoms with van der Waals surface area (Å²) in [7, 11) is 0. The second-order valence-electron chi connectivity index (χ2n) is 4.48. The van der Waals surface area contributed by atoms with Crippen molar-refractivity contribution in [2.75, 3.05) is 32.7 Å². The van der Waals surface area contributed by atoms with Gasteiger partial charge in [0.05, 0.1) is 0 Å². The monoisotopic (exact) mass is 248 g/mol. The van der Waals surface area contributed by atoms with Crippen molar-refractivity contribution in [1.82, 2.24) is 20.5 Å². The van der Waals surface area contributed by atoms with Crippen LogP contribution in [0.25, 0.3) is 0 Å². The van der Waals surface area contributed by atoms with Crippen LogP contribution in [-0.4, -0.2) is 48.5 Å². The van der Waals surface area contributed by atoms with Gasteiger partial charge < -0.3 is 15.5 Å². The molecule has 0 spiro atoms. The van der Waals surface area contributed by atoms with Crippen LogP contribution in [0.4, 0.5) is 0 Å². The van der Waals surface area contributed by atoms with Gasteiger partial charge in [-0.2, -0.15) is 0 Å². The molecule has 18 heavy (non-hydrogen) atoms. The number of carbonyl (C=O) groups excluding carboxylic acids is 1. The molecule has 0 radical (unpaired) electrons. The van der Waals surface area contributed by atoms with Gasteiger partial charge in [0.25, 0.3) is 0 Å². The second-order valence-corrected chi connectivity index (χ2v) is 4.48. The first-order valence-electron chi connectivity index (χ1n) is 6.43. The zero-order valence-electron chi connectivity index (χ0n) is 10.6. The van der Waals surface area contributed by atoms with E-state index in [0.717, 1.165) is 38.3 Å². The maximum atomic E-state index is 11.7. The van der Waals surface area contributed by atoms with E-state index in [0.29, 0.717) is 13.0 Å². The molecule has 0 unspecified atom stereocenters. The van der Waals surface area contributed by atoms with Gasteiger partial charge in [0.2, 0.25) is 5.91 Å². The van der Waals surface area contributed by atoms with Crippen LogP contribution in [-0.2, 0) is 11.3 Å². The highest BCUT2D eigenvalue weighted by atomic mass is 16.1. The van der Waals surface area contributed by atoms with Crippen LogP contribution in [0.1, 0.15) is 12.0 Å². The fraction of sp³-hybridized carbons (Fsp3) is 0.538. The Labute approximate surface area is 108 Å². The lowest BCUT2D eigenvalue weighted by Gasteiger charge is -2.26. The van der Waals surface area contributed by atoms with E-state index >= 15 is 0 Å². The average molecular weight is 248 g/mol. The Balaban J connectivity index is 1.63. The number of rotatable bonds is 5. The number of nitrogens with one attached hydrogen (secondary N) is 2. The van der Waals surface area contributed by atoms with Crippen molar-refractivity contribution in [2.45, 2.75) is 13.0 Å². The molecule has 1 aliphatic rings. The molecule has 2 heterocycles. The molecule has 1 saturated heterocycles. The van der Waals surface area contributed by atoms with Crippen LogP contribution in [0.3, 0.4) is 0 Å². The Morgan fingerprint density at radius 1 is 1.44 bits per heavy atom. The van der Waals surface area contributed by atoms with E-state index in [1.165, 1.54) is 0 Å². The number of carbonyl (C=O) groups is 1. The number of hydrogen-bond acceptors (Lipinski definition) is 4. The molecule has 0 aromatic carbocycles. The minimum absolute atomic E-state index is 0.109. The summed E-state index contributed by atoms with van der Waals surface area (Å²) in [5.74, 6) is 0.109. The standard InChI is InChI=1S/C13H20N4O/c18-13(3-7-17-8-5-14-6-9-17)16-11-12-2-1-4-15-10-12/h1-2,4,10,14H,3,5-9,11H2,(H,16,18). The average Bonchev–Trinajstić information content (AvgIpc) is 2.45. The fourth-order valence-electron chi connectivity index (χ4n) is 1.99. The Bertz CT molecular complexity index is 363. The minimum Gasteiger partial charge on any atom is -0.352 e. The Morgan fingerprint density at radius 2 is 2.28 bits per heavy atom. The van der Waals surface area contributed by atoms with E-state index in [2.05, 4.69) is 20.5 Å². The first-order valence-corrected chi connectivity index (χ1v) is 6.43. The lowest BCUT2D eigenvalue weighted by Crippen LogP contribution is -2.44. The largest absolute Gasteiger partial charge is 0.352 e. The van der Waals surface area contributed by atoms with Gasteiger partial charge in [0.15, 0.2) is 0 Å². The maximum absolute atomic E-state index is 11.7. The van der Waals surface area contributed by atoms with Crippen molar-refractivity contribution < 1.29 is 4.79 Å². The van der Waals surface area contributed by atoms with E-state index in [9.17, 15) is 4.79 Å². The second kappa shape index (κ2) is 7.08. The van der Waals surface area contributed by atoms with Gasteiger partial charge in [-0.15, -0.1) is 0 Å². The van der Waals surface area contributed by atoms with Gasteiger partial charge in [-0.05, 0) is 11.6 Å². The summed E-state index contributed by atoms with van der Waals surface area (Å²) in [6, 6.07) is 3.84. The Kier molecular flexibility index (Phi) is 5.11. The van der Waals surface area contributed by atoms with E-state index in [-0.39, 0.29) is 5.91 Å². The summed E-state index contributed by atoms with van der Waals surface area (Å²) in [5, 5.41) is 6.22.